The maximum absolute atomic E-state index is 13.8. The topological polar surface area (TPSA) is 50.5 Å². The van der Waals surface area contributed by atoms with Crippen LogP contribution in [0, 0.1) is 5.82 Å². The predicted octanol–water partition coefficient (Wildman–Crippen LogP) is 2.70. The van der Waals surface area contributed by atoms with E-state index in [1.165, 1.54) is 6.07 Å². The van der Waals surface area contributed by atoms with Gasteiger partial charge in [-0.05, 0) is 40.3 Å². The lowest BCUT2D eigenvalue weighted by Crippen LogP contribution is -2.39. The van der Waals surface area contributed by atoms with Crippen LogP contribution in [0.3, 0.4) is 0 Å². The van der Waals surface area contributed by atoms with Gasteiger partial charge in [0.05, 0.1) is 17.5 Å². The van der Waals surface area contributed by atoms with Gasteiger partial charge in [0.15, 0.2) is 11.6 Å². The van der Waals surface area contributed by atoms with Gasteiger partial charge >= 0.3 is 0 Å². The van der Waals surface area contributed by atoms with Crippen LogP contribution in [0.15, 0.2) is 12.1 Å². The molecule has 1 aliphatic heterocycles. The number of nitrogens with two attached hydrogens (primary N) is 1. The first-order valence-corrected chi connectivity index (χ1v) is 7.16. The molecule has 0 spiro atoms. The van der Waals surface area contributed by atoms with Crippen LogP contribution in [0.1, 0.15) is 26.7 Å². The number of nitrogens with zero attached hydrogens (tertiary/aromatic N) is 1. The number of ether oxygens (including phenoxy) is 1. The SMILES string of the molecule is CC(C)Oc1cc(NC2CCCN(C)C2)c(N)cc1F. The monoisotopic (exact) mass is 281 g/mol. The molecule has 2 rings (SSSR count). The van der Waals surface area contributed by atoms with E-state index in [2.05, 4.69) is 17.3 Å². The second kappa shape index (κ2) is 6.31. The fourth-order valence-electron chi connectivity index (χ4n) is 2.54. The van der Waals surface area contributed by atoms with Crippen molar-refractivity contribution in [1.29, 1.82) is 0 Å². The van der Waals surface area contributed by atoms with Gasteiger partial charge in [0, 0.05) is 24.7 Å². The summed E-state index contributed by atoms with van der Waals surface area (Å²) in [6.45, 7) is 5.84. The average Bonchev–Trinajstić information content (AvgIpc) is 2.34. The minimum atomic E-state index is -0.414. The highest BCUT2D eigenvalue weighted by molar-refractivity contribution is 5.69. The van der Waals surface area contributed by atoms with Crippen molar-refractivity contribution in [3.8, 4) is 5.75 Å². The molecule has 0 radical (unpaired) electrons. The standard InChI is InChI=1S/C15H24FN3O/c1-10(2)20-15-8-14(13(17)7-12(15)16)18-11-5-4-6-19(3)9-11/h7-8,10-11,18H,4-6,9,17H2,1-3H3. The number of halogens is 1. The third-order valence-electron chi connectivity index (χ3n) is 3.45. The largest absolute Gasteiger partial charge is 0.488 e. The molecule has 0 amide bonds. The number of likely N-dealkylation sites (tertiary alicyclic amines) is 1. The van der Waals surface area contributed by atoms with E-state index in [1.54, 1.807) is 6.07 Å². The zero-order valence-corrected chi connectivity index (χ0v) is 12.4. The Labute approximate surface area is 120 Å². The Kier molecular flexibility index (Phi) is 4.70. The lowest BCUT2D eigenvalue weighted by Gasteiger charge is -2.31. The minimum Gasteiger partial charge on any atom is -0.488 e. The maximum atomic E-state index is 13.8. The van der Waals surface area contributed by atoms with Gasteiger partial charge in [-0.1, -0.05) is 0 Å². The van der Waals surface area contributed by atoms with Gasteiger partial charge in [-0.25, -0.2) is 4.39 Å². The molecule has 112 valence electrons. The predicted molar refractivity (Wildman–Crippen MR) is 80.7 cm³/mol. The second-order valence-electron chi connectivity index (χ2n) is 5.78. The normalized spacial score (nSPS) is 20.1. The third-order valence-corrected chi connectivity index (χ3v) is 3.45. The summed E-state index contributed by atoms with van der Waals surface area (Å²) < 4.78 is 19.3. The Balaban J connectivity index is 2.13. The van der Waals surface area contributed by atoms with Gasteiger partial charge in [-0.3, -0.25) is 0 Å². The summed E-state index contributed by atoms with van der Waals surface area (Å²) in [6, 6.07) is 3.33. The Morgan fingerprint density at radius 3 is 2.85 bits per heavy atom. The highest BCUT2D eigenvalue weighted by Crippen LogP contribution is 2.30. The Morgan fingerprint density at radius 1 is 1.45 bits per heavy atom. The number of rotatable bonds is 4. The highest BCUT2D eigenvalue weighted by atomic mass is 19.1. The van der Waals surface area contributed by atoms with Crippen molar-refractivity contribution in [2.45, 2.75) is 38.8 Å². The summed E-state index contributed by atoms with van der Waals surface area (Å²) >= 11 is 0. The molecule has 1 aromatic rings. The van der Waals surface area contributed by atoms with Crippen LogP contribution in [0.2, 0.25) is 0 Å². The van der Waals surface area contributed by atoms with E-state index in [1.807, 2.05) is 13.8 Å². The number of anilines is 2. The third kappa shape index (κ3) is 3.76. The first-order chi connectivity index (χ1) is 9.45. The molecule has 3 N–H and O–H groups in total. The van der Waals surface area contributed by atoms with Crippen molar-refractivity contribution in [2.75, 3.05) is 31.2 Å². The number of hydrogen-bond donors (Lipinski definition) is 2. The molecule has 1 heterocycles. The zero-order valence-electron chi connectivity index (χ0n) is 12.4. The van der Waals surface area contributed by atoms with Crippen LogP contribution < -0.4 is 15.8 Å². The molecule has 1 saturated heterocycles. The molecule has 0 saturated carbocycles. The van der Waals surface area contributed by atoms with E-state index in [0.29, 0.717) is 11.7 Å². The summed E-state index contributed by atoms with van der Waals surface area (Å²) in [6.07, 6.45) is 2.19. The Morgan fingerprint density at radius 2 is 2.20 bits per heavy atom. The molecule has 1 aromatic carbocycles. The quantitative estimate of drug-likeness (QED) is 0.833. The van der Waals surface area contributed by atoms with E-state index < -0.39 is 5.82 Å². The van der Waals surface area contributed by atoms with E-state index >= 15 is 0 Å². The Hall–Kier alpha value is -1.49. The smallest absolute Gasteiger partial charge is 0.167 e. The molecular formula is C15H24FN3O. The summed E-state index contributed by atoms with van der Waals surface area (Å²) in [5, 5.41) is 3.41. The minimum absolute atomic E-state index is 0.0678. The second-order valence-corrected chi connectivity index (χ2v) is 5.78. The van der Waals surface area contributed by atoms with Gasteiger partial charge in [-0.15, -0.1) is 0 Å². The number of hydrogen-bond acceptors (Lipinski definition) is 4. The molecule has 4 nitrogen and oxygen atoms in total. The van der Waals surface area contributed by atoms with Gasteiger partial charge < -0.3 is 20.7 Å². The van der Waals surface area contributed by atoms with Gasteiger partial charge in [0.1, 0.15) is 0 Å². The molecule has 0 aliphatic carbocycles. The van der Waals surface area contributed by atoms with E-state index in [-0.39, 0.29) is 11.9 Å². The van der Waals surface area contributed by atoms with E-state index in [9.17, 15) is 4.39 Å². The van der Waals surface area contributed by atoms with Crippen LogP contribution in [0.25, 0.3) is 0 Å². The number of benzene rings is 1. The number of nitrogens with one attached hydrogen (secondary N) is 1. The lowest BCUT2D eigenvalue weighted by atomic mass is 10.1. The molecule has 1 fully saturated rings. The summed E-state index contributed by atoms with van der Waals surface area (Å²) in [5.74, 6) is -0.164. The van der Waals surface area contributed by atoms with E-state index in [0.717, 1.165) is 31.6 Å². The lowest BCUT2D eigenvalue weighted by molar-refractivity contribution is 0.231. The van der Waals surface area contributed by atoms with Crippen molar-refractivity contribution in [3.05, 3.63) is 17.9 Å². The molecule has 1 atom stereocenters. The van der Waals surface area contributed by atoms with Crippen LogP contribution >= 0.6 is 0 Å². The fraction of sp³-hybridized carbons (Fsp3) is 0.600. The van der Waals surface area contributed by atoms with Crippen molar-refractivity contribution >= 4 is 11.4 Å². The summed E-state index contributed by atoms with van der Waals surface area (Å²) in [7, 11) is 2.11. The van der Waals surface area contributed by atoms with Crippen LogP contribution in [-0.4, -0.2) is 37.2 Å². The van der Waals surface area contributed by atoms with Crippen LogP contribution in [-0.2, 0) is 0 Å². The molecule has 20 heavy (non-hydrogen) atoms. The van der Waals surface area contributed by atoms with Crippen molar-refractivity contribution in [3.63, 3.8) is 0 Å². The van der Waals surface area contributed by atoms with Crippen molar-refractivity contribution in [2.24, 2.45) is 0 Å². The fourth-order valence-corrected chi connectivity index (χ4v) is 2.54. The van der Waals surface area contributed by atoms with Gasteiger partial charge in [0.2, 0.25) is 0 Å². The van der Waals surface area contributed by atoms with Gasteiger partial charge in [0.25, 0.3) is 0 Å². The molecule has 0 bridgehead atoms. The van der Waals surface area contributed by atoms with Crippen molar-refractivity contribution < 1.29 is 9.13 Å². The number of piperidine rings is 1. The summed E-state index contributed by atoms with van der Waals surface area (Å²) in [4.78, 5) is 2.28. The van der Waals surface area contributed by atoms with Gasteiger partial charge in [-0.2, -0.15) is 0 Å². The Bertz CT molecular complexity index is 465. The first-order valence-electron chi connectivity index (χ1n) is 7.16. The van der Waals surface area contributed by atoms with Crippen LogP contribution in [0.4, 0.5) is 15.8 Å². The van der Waals surface area contributed by atoms with E-state index in [4.69, 9.17) is 10.5 Å². The molecule has 5 heteroatoms. The molecule has 1 unspecified atom stereocenters. The highest BCUT2D eigenvalue weighted by Gasteiger charge is 2.19. The maximum Gasteiger partial charge on any atom is 0.167 e. The zero-order chi connectivity index (χ0) is 14.7. The van der Waals surface area contributed by atoms with Crippen LogP contribution in [0.5, 0.6) is 5.75 Å². The number of nitrogen functional groups attached to an aromatic ring is 1. The molecule has 0 aromatic heterocycles. The molecular weight excluding hydrogens is 257 g/mol. The summed E-state index contributed by atoms with van der Waals surface area (Å²) in [5.41, 5.74) is 7.08. The van der Waals surface area contributed by atoms with Crippen molar-refractivity contribution in [1.82, 2.24) is 4.90 Å². The average molecular weight is 281 g/mol. The first kappa shape index (κ1) is 14.9. The molecule has 1 aliphatic rings. The number of likely N-dealkylation sites (N-methyl/N-ethyl adjacent to an activating group) is 1.